The van der Waals surface area contributed by atoms with Gasteiger partial charge < -0.3 is 15.4 Å². The Morgan fingerprint density at radius 1 is 1.30 bits per heavy atom. The first-order valence-corrected chi connectivity index (χ1v) is 12.5. The molecule has 2 amide bonds. The lowest BCUT2D eigenvalue weighted by molar-refractivity contribution is -0.123. The fraction of sp³-hybridized carbons (Fsp3) is 0.435. The van der Waals surface area contributed by atoms with Gasteiger partial charge >= 0.3 is 0 Å². The summed E-state index contributed by atoms with van der Waals surface area (Å²) in [5.74, 6) is -0.184. The summed E-state index contributed by atoms with van der Waals surface area (Å²) in [6.45, 7) is 5.84. The highest BCUT2D eigenvalue weighted by Gasteiger charge is 2.36. The van der Waals surface area contributed by atoms with Crippen LogP contribution in [0.2, 0.25) is 0 Å². The van der Waals surface area contributed by atoms with Gasteiger partial charge in [-0.2, -0.15) is 4.31 Å². The predicted octanol–water partition coefficient (Wildman–Crippen LogP) is 2.85. The number of carbonyl (C=O) groups excluding carboxylic acids is 2. The van der Waals surface area contributed by atoms with Crippen molar-refractivity contribution >= 4 is 33.3 Å². The minimum atomic E-state index is -3.86. The van der Waals surface area contributed by atoms with Gasteiger partial charge in [-0.25, -0.2) is 13.4 Å². The second-order valence-corrected chi connectivity index (χ2v) is 10.4. The number of pyridine rings is 1. The number of sulfonamides is 1. The molecule has 176 valence electrons. The maximum Gasteiger partial charge on any atom is 0.265 e. The number of hydrogen-bond donors (Lipinski definition) is 2. The first-order chi connectivity index (χ1) is 15.7. The Hall–Kier alpha value is -2.98. The molecule has 0 unspecified atom stereocenters. The highest BCUT2D eigenvalue weighted by Crippen LogP contribution is 2.36. The summed E-state index contributed by atoms with van der Waals surface area (Å²) in [5.41, 5.74) is 1.95. The molecular weight excluding hydrogens is 444 g/mol. The van der Waals surface area contributed by atoms with E-state index in [1.54, 1.807) is 25.3 Å². The number of benzene rings is 1. The van der Waals surface area contributed by atoms with E-state index in [-0.39, 0.29) is 23.3 Å². The van der Waals surface area contributed by atoms with Gasteiger partial charge in [0.25, 0.3) is 5.91 Å². The first-order valence-electron chi connectivity index (χ1n) is 11.0. The van der Waals surface area contributed by atoms with E-state index in [9.17, 15) is 18.0 Å². The molecule has 10 heteroatoms. The smallest absolute Gasteiger partial charge is 0.265 e. The van der Waals surface area contributed by atoms with Crippen molar-refractivity contribution in [1.82, 2.24) is 9.29 Å². The summed E-state index contributed by atoms with van der Waals surface area (Å²) in [6, 6.07) is 6.67. The van der Waals surface area contributed by atoms with Crippen LogP contribution >= 0.6 is 0 Å². The summed E-state index contributed by atoms with van der Waals surface area (Å²) in [6.07, 6.45) is 2.65. The fourth-order valence-electron chi connectivity index (χ4n) is 4.12. The highest BCUT2D eigenvalue weighted by atomic mass is 32.2. The summed E-state index contributed by atoms with van der Waals surface area (Å²) < 4.78 is 34.1. The monoisotopic (exact) mass is 472 g/mol. The molecule has 0 saturated carbocycles. The van der Waals surface area contributed by atoms with E-state index >= 15 is 0 Å². The number of piperidine rings is 1. The van der Waals surface area contributed by atoms with Gasteiger partial charge in [0, 0.05) is 25.4 Å². The average molecular weight is 473 g/mol. The van der Waals surface area contributed by atoms with Crippen molar-refractivity contribution in [2.45, 2.75) is 51.0 Å². The van der Waals surface area contributed by atoms with E-state index in [2.05, 4.69) is 15.6 Å². The van der Waals surface area contributed by atoms with Gasteiger partial charge in [-0.3, -0.25) is 9.59 Å². The molecule has 9 nitrogen and oxygen atoms in total. The summed E-state index contributed by atoms with van der Waals surface area (Å²) >= 11 is 0. The van der Waals surface area contributed by atoms with Gasteiger partial charge in [0.1, 0.15) is 11.6 Å². The number of rotatable bonds is 5. The normalized spacial score (nSPS) is 21.0. The molecule has 1 aromatic carbocycles. The molecule has 1 aromatic heterocycles. The molecule has 0 bridgehead atoms. The third-order valence-corrected chi connectivity index (χ3v) is 8.01. The zero-order valence-electron chi connectivity index (χ0n) is 18.9. The molecule has 4 rings (SSSR count). The molecule has 2 aliphatic heterocycles. The Morgan fingerprint density at radius 3 is 2.79 bits per heavy atom. The Labute approximate surface area is 193 Å². The van der Waals surface area contributed by atoms with Crippen molar-refractivity contribution in [3.63, 3.8) is 0 Å². The van der Waals surface area contributed by atoms with E-state index in [0.717, 1.165) is 5.56 Å². The second-order valence-electron chi connectivity index (χ2n) is 8.53. The van der Waals surface area contributed by atoms with Crippen LogP contribution in [0, 0.1) is 19.8 Å². The van der Waals surface area contributed by atoms with Gasteiger partial charge in [-0.1, -0.05) is 13.0 Å². The van der Waals surface area contributed by atoms with E-state index < -0.39 is 22.0 Å². The number of ether oxygens (including phenoxy) is 1. The van der Waals surface area contributed by atoms with Crippen LogP contribution in [0.4, 0.5) is 11.5 Å². The topological polar surface area (TPSA) is 118 Å². The number of nitrogens with zero attached hydrogens (tertiary/aromatic N) is 2. The number of aromatic nitrogens is 1. The Bertz CT molecular complexity index is 1180. The third kappa shape index (κ3) is 4.72. The van der Waals surface area contributed by atoms with Gasteiger partial charge in [-0.05, 0) is 56.4 Å². The zero-order chi connectivity index (χ0) is 23.8. The van der Waals surface area contributed by atoms with Crippen LogP contribution in [0.25, 0.3) is 0 Å². The molecule has 2 aromatic rings. The number of hydrogen-bond acceptors (Lipinski definition) is 6. The fourth-order valence-corrected chi connectivity index (χ4v) is 5.86. The Balaban J connectivity index is 1.54. The van der Waals surface area contributed by atoms with Gasteiger partial charge in [0.15, 0.2) is 6.10 Å². The van der Waals surface area contributed by atoms with Crippen molar-refractivity contribution in [2.75, 3.05) is 23.7 Å². The molecule has 3 heterocycles. The molecule has 0 radical (unpaired) electrons. The molecule has 0 spiro atoms. The number of nitrogens with one attached hydrogen (secondary N) is 2. The zero-order valence-corrected chi connectivity index (χ0v) is 19.7. The van der Waals surface area contributed by atoms with Crippen molar-refractivity contribution in [1.29, 1.82) is 0 Å². The first kappa shape index (κ1) is 23.2. The molecule has 2 aliphatic rings. The van der Waals surface area contributed by atoms with Crippen LogP contribution in [-0.2, 0) is 19.6 Å². The SMILES string of the molecule is CC[C@H]1Oc2cc(S(=O)(=O)N3CCC[C@H](C(=O)Nc4ccc(C)cn4)C3)c(C)cc2NC1=O. The number of carbonyl (C=O) groups is 2. The van der Waals surface area contributed by atoms with Crippen LogP contribution in [0.15, 0.2) is 35.4 Å². The second kappa shape index (κ2) is 9.11. The lowest BCUT2D eigenvalue weighted by Gasteiger charge is -2.32. The maximum atomic E-state index is 13.5. The standard InChI is InChI=1S/C23H28N4O5S/c1-4-18-23(29)25-17-10-15(3)20(11-19(17)32-18)33(30,31)27-9-5-6-16(13-27)22(28)26-21-8-7-14(2)12-24-21/h7-8,10-12,16,18H,4-6,9,13H2,1-3H3,(H,25,29)(H,24,26,28)/t16-,18+/m0/s1. The van der Waals surface area contributed by atoms with Crippen LogP contribution in [0.1, 0.15) is 37.3 Å². The minimum Gasteiger partial charge on any atom is -0.478 e. The molecule has 1 saturated heterocycles. The maximum absolute atomic E-state index is 13.5. The van der Waals surface area contributed by atoms with Crippen molar-refractivity contribution < 1.29 is 22.7 Å². The van der Waals surface area contributed by atoms with E-state index in [4.69, 9.17) is 4.74 Å². The van der Waals surface area contributed by atoms with Crippen molar-refractivity contribution in [3.05, 3.63) is 41.6 Å². The number of anilines is 2. The number of amides is 2. The number of fused-ring (bicyclic) bond motifs is 1. The summed E-state index contributed by atoms with van der Waals surface area (Å²) in [7, 11) is -3.86. The lowest BCUT2D eigenvalue weighted by Crippen LogP contribution is -2.44. The molecule has 0 aliphatic carbocycles. The van der Waals surface area contributed by atoms with E-state index in [1.165, 1.54) is 10.4 Å². The van der Waals surface area contributed by atoms with E-state index in [0.29, 0.717) is 48.6 Å². The number of aryl methyl sites for hydroxylation is 2. The molecular formula is C23H28N4O5S. The average Bonchev–Trinajstić information content (AvgIpc) is 2.79. The minimum absolute atomic E-state index is 0.0890. The molecule has 1 fully saturated rings. The van der Waals surface area contributed by atoms with Gasteiger partial charge in [0.2, 0.25) is 15.9 Å². The molecule has 2 atom stereocenters. The molecule has 2 N–H and O–H groups in total. The third-order valence-electron chi connectivity index (χ3n) is 6.00. The van der Waals surface area contributed by atoms with E-state index in [1.807, 2.05) is 19.9 Å². The lowest BCUT2D eigenvalue weighted by atomic mass is 9.99. The van der Waals surface area contributed by atoms with Gasteiger partial charge in [0.05, 0.1) is 16.5 Å². The highest BCUT2D eigenvalue weighted by molar-refractivity contribution is 7.89. The van der Waals surface area contributed by atoms with Crippen LogP contribution in [0.3, 0.4) is 0 Å². The largest absolute Gasteiger partial charge is 0.478 e. The Kier molecular flexibility index (Phi) is 6.40. The summed E-state index contributed by atoms with van der Waals surface area (Å²) in [5, 5.41) is 5.56. The summed E-state index contributed by atoms with van der Waals surface area (Å²) in [4.78, 5) is 29.2. The van der Waals surface area contributed by atoms with Crippen LogP contribution < -0.4 is 15.4 Å². The predicted molar refractivity (Wildman–Crippen MR) is 124 cm³/mol. The quantitative estimate of drug-likeness (QED) is 0.691. The van der Waals surface area contributed by atoms with Crippen molar-refractivity contribution in [3.8, 4) is 5.75 Å². The van der Waals surface area contributed by atoms with Crippen molar-refractivity contribution in [2.24, 2.45) is 5.92 Å². The van der Waals surface area contributed by atoms with Crippen LogP contribution in [0.5, 0.6) is 5.75 Å². The van der Waals surface area contributed by atoms with Gasteiger partial charge in [-0.15, -0.1) is 0 Å². The Morgan fingerprint density at radius 2 is 2.09 bits per heavy atom. The van der Waals surface area contributed by atoms with Crippen LogP contribution in [-0.4, -0.2) is 48.7 Å². The molecule has 33 heavy (non-hydrogen) atoms.